The van der Waals surface area contributed by atoms with Crippen molar-refractivity contribution in [1.82, 2.24) is 9.88 Å². The molecule has 2 aromatic carbocycles. The van der Waals surface area contributed by atoms with Crippen molar-refractivity contribution in [3.8, 4) is 22.5 Å². The van der Waals surface area contributed by atoms with E-state index in [1.165, 1.54) is 6.21 Å². The third-order valence-corrected chi connectivity index (χ3v) is 6.43. The molecule has 4 N–H and O–H groups in total. The topological polar surface area (TPSA) is 121 Å². The molecule has 8 heteroatoms. The molecule has 2 amide bonds. The highest BCUT2D eigenvalue weighted by atomic mass is 16.5. The molecule has 0 radical (unpaired) electrons. The van der Waals surface area contributed by atoms with E-state index in [1.54, 1.807) is 18.0 Å². The number of carbonyl (C=O) groups is 2. The number of pyridine rings is 1. The standard InChI is InChI=1S/C26H25N5O3/c1-29-22-5-3-15(10-18(22)14-27)23-13-21(25(28)32)20-12-17-11-16(2-4-19(17)24(20)30-23)26(33)31-6-8-34-9-7-31/h2-5,10-11,13-14,27,29H,6-9,12H2,1H3,(H2,28,32). The Kier molecular flexibility index (Phi) is 5.59. The number of primary amides is 1. The van der Waals surface area contributed by atoms with E-state index in [-0.39, 0.29) is 5.91 Å². The molecule has 172 valence electrons. The molecule has 1 aliphatic heterocycles. The number of aromatic nitrogens is 1. The Morgan fingerprint density at radius 1 is 1.15 bits per heavy atom. The number of benzene rings is 2. The van der Waals surface area contributed by atoms with Gasteiger partial charge in [-0.25, -0.2) is 4.98 Å². The number of anilines is 1. The summed E-state index contributed by atoms with van der Waals surface area (Å²) in [5, 5.41) is 10.8. The van der Waals surface area contributed by atoms with Crippen molar-refractivity contribution in [2.24, 2.45) is 5.73 Å². The molecule has 1 aliphatic carbocycles. The van der Waals surface area contributed by atoms with E-state index in [0.717, 1.165) is 33.5 Å². The number of nitrogens with one attached hydrogen (secondary N) is 2. The molecule has 2 heterocycles. The van der Waals surface area contributed by atoms with E-state index in [4.69, 9.17) is 20.9 Å². The number of hydrogen-bond donors (Lipinski definition) is 3. The van der Waals surface area contributed by atoms with E-state index in [2.05, 4.69) is 5.32 Å². The Hall–Kier alpha value is -4.04. The van der Waals surface area contributed by atoms with Gasteiger partial charge in [0.15, 0.2) is 0 Å². The SMILES string of the molecule is CNc1ccc(-c2cc(C(N)=O)c3c(n2)-c2ccc(C(=O)N4CCOCC4)cc2C3)cc1C=N. The Morgan fingerprint density at radius 3 is 2.65 bits per heavy atom. The Bertz CT molecular complexity index is 1330. The summed E-state index contributed by atoms with van der Waals surface area (Å²) in [4.78, 5) is 32.0. The number of fused-ring (bicyclic) bond motifs is 3. The van der Waals surface area contributed by atoms with Crippen molar-refractivity contribution in [1.29, 1.82) is 5.41 Å². The molecule has 0 unspecified atom stereocenters. The van der Waals surface area contributed by atoms with Crippen LogP contribution in [0, 0.1) is 5.41 Å². The Balaban J connectivity index is 1.56. The second-order valence-electron chi connectivity index (χ2n) is 8.40. The molecule has 1 saturated heterocycles. The van der Waals surface area contributed by atoms with Gasteiger partial charge < -0.3 is 26.1 Å². The van der Waals surface area contributed by atoms with Crippen LogP contribution in [-0.2, 0) is 11.2 Å². The zero-order chi connectivity index (χ0) is 23.8. The number of nitrogens with zero attached hydrogens (tertiary/aromatic N) is 2. The van der Waals surface area contributed by atoms with Crippen molar-refractivity contribution in [3.63, 3.8) is 0 Å². The van der Waals surface area contributed by atoms with Crippen LogP contribution in [0.4, 0.5) is 5.69 Å². The van der Waals surface area contributed by atoms with Crippen LogP contribution in [0.5, 0.6) is 0 Å². The predicted octanol–water partition coefficient (Wildman–Crippen LogP) is 2.93. The quantitative estimate of drug-likeness (QED) is 0.400. The van der Waals surface area contributed by atoms with E-state index in [0.29, 0.717) is 55.2 Å². The van der Waals surface area contributed by atoms with Crippen LogP contribution in [0.15, 0.2) is 42.5 Å². The fourth-order valence-corrected chi connectivity index (χ4v) is 4.65. The summed E-state index contributed by atoms with van der Waals surface area (Å²) >= 11 is 0. The highest BCUT2D eigenvalue weighted by Crippen LogP contribution is 2.39. The molecule has 1 fully saturated rings. The van der Waals surface area contributed by atoms with E-state index in [1.807, 2.05) is 36.4 Å². The number of ether oxygens (including phenoxy) is 1. The van der Waals surface area contributed by atoms with Gasteiger partial charge in [0.25, 0.3) is 5.91 Å². The maximum Gasteiger partial charge on any atom is 0.254 e. The molecule has 2 aliphatic rings. The summed E-state index contributed by atoms with van der Waals surface area (Å²) in [5.41, 5.74) is 13.1. The van der Waals surface area contributed by atoms with Crippen LogP contribution >= 0.6 is 0 Å². The molecular weight excluding hydrogens is 430 g/mol. The van der Waals surface area contributed by atoms with Gasteiger partial charge in [0, 0.05) is 66.3 Å². The lowest BCUT2D eigenvalue weighted by atomic mass is 10.00. The summed E-state index contributed by atoms with van der Waals surface area (Å²) in [6, 6.07) is 13.0. The fraction of sp³-hybridized carbons (Fsp3) is 0.231. The zero-order valence-electron chi connectivity index (χ0n) is 18.9. The molecule has 5 rings (SSSR count). The molecule has 8 nitrogen and oxygen atoms in total. The monoisotopic (exact) mass is 455 g/mol. The molecule has 0 spiro atoms. The van der Waals surface area contributed by atoms with E-state index >= 15 is 0 Å². The van der Waals surface area contributed by atoms with Gasteiger partial charge in [-0.15, -0.1) is 0 Å². The zero-order valence-corrected chi connectivity index (χ0v) is 18.9. The minimum Gasteiger partial charge on any atom is -0.388 e. The summed E-state index contributed by atoms with van der Waals surface area (Å²) in [6.07, 6.45) is 1.77. The Labute approximate surface area is 197 Å². The van der Waals surface area contributed by atoms with Crippen molar-refractivity contribution in [2.45, 2.75) is 6.42 Å². The van der Waals surface area contributed by atoms with Crippen LogP contribution in [0.2, 0.25) is 0 Å². The molecule has 0 atom stereocenters. The number of carbonyl (C=O) groups excluding carboxylic acids is 2. The minimum atomic E-state index is -0.517. The third kappa shape index (κ3) is 3.72. The second-order valence-corrected chi connectivity index (χ2v) is 8.40. The van der Waals surface area contributed by atoms with Gasteiger partial charge in [-0.1, -0.05) is 12.1 Å². The fourth-order valence-electron chi connectivity index (χ4n) is 4.65. The van der Waals surface area contributed by atoms with Gasteiger partial charge in [-0.05, 0) is 41.5 Å². The normalized spacial score (nSPS) is 14.3. The van der Waals surface area contributed by atoms with Crippen molar-refractivity contribution in [3.05, 3.63) is 70.3 Å². The second kappa shape index (κ2) is 8.72. The number of hydrogen-bond acceptors (Lipinski definition) is 6. The summed E-state index contributed by atoms with van der Waals surface area (Å²) in [6.45, 7) is 2.26. The molecule has 3 aromatic rings. The highest BCUT2D eigenvalue weighted by molar-refractivity contribution is 6.00. The van der Waals surface area contributed by atoms with Crippen LogP contribution in [0.1, 0.15) is 37.4 Å². The summed E-state index contributed by atoms with van der Waals surface area (Å²) in [7, 11) is 1.80. The lowest BCUT2D eigenvalue weighted by Crippen LogP contribution is -2.40. The first kappa shape index (κ1) is 21.8. The van der Waals surface area contributed by atoms with Gasteiger partial charge in [0.2, 0.25) is 5.91 Å². The van der Waals surface area contributed by atoms with Gasteiger partial charge in [-0.2, -0.15) is 0 Å². The van der Waals surface area contributed by atoms with E-state index < -0.39 is 5.91 Å². The van der Waals surface area contributed by atoms with E-state index in [9.17, 15) is 9.59 Å². The molecule has 1 aromatic heterocycles. The first-order chi connectivity index (χ1) is 16.5. The maximum atomic E-state index is 13.0. The lowest BCUT2D eigenvalue weighted by molar-refractivity contribution is 0.0303. The van der Waals surface area contributed by atoms with Crippen molar-refractivity contribution >= 4 is 23.7 Å². The minimum absolute atomic E-state index is 0.0189. The molecule has 34 heavy (non-hydrogen) atoms. The van der Waals surface area contributed by atoms with Crippen LogP contribution in [0.25, 0.3) is 22.5 Å². The lowest BCUT2D eigenvalue weighted by Gasteiger charge is -2.27. The average molecular weight is 456 g/mol. The van der Waals surface area contributed by atoms with Gasteiger partial charge in [-0.3, -0.25) is 9.59 Å². The van der Waals surface area contributed by atoms with Gasteiger partial charge in [0.1, 0.15) is 0 Å². The molecule has 0 saturated carbocycles. The maximum absolute atomic E-state index is 13.0. The number of rotatable bonds is 5. The number of nitrogens with two attached hydrogens (primary N) is 1. The molecular formula is C26H25N5O3. The van der Waals surface area contributed by atoms with Crippen LogP contribution < -0.4 is 11.1 Å². The summed E-state index contributed by atoms with van der Waals surface area (Å²) < 4.78 is 5.35. The van der Waals surface area contributed by atoms with Crippen molar-refractivity contribution < 1.29 is 14.3 Å². The largest absolute Gasteiger partial charge is 0.388 e. The summed E-state index contributed by atoms with van der Waals surface area (Å²) in [5.74, 6) is -0.536. The first-order valence-corrected chi connectivity index (χ1v) is 11.2. The van der Waals surface area contributed by atoms with Gasteiger partial charge >= 0.3 is 0 Å². The van der Waals surface area contributed by atoms with Crippen molar-refractivity contribution in [2.75, 3.05) is 38.7 Å². The predicted molar refractivity (Wildman–Crippen MR) is 131 cm³/mol. The first-order valence-electron chi connectivity index (χ1n) is 11.2. The number of morpholine rings is 1. The van der Waals surface area contributed by atoms with Gasteiger partial charge in [0.05, 0.1) is 24.6 Å². The number of amides is 2. The van der Waals surface area contributed by atoms with Crippen LogP contribution in [0.3, 0.4) is 0 Å². The third-order valence-electron chi connectivity index (χ3n) is 6.43. The smallest absolute Gasteiger partial charge is 0.254 e. The van der Waals surface area contributed by atoms with Crippen LogP contribution in [-0.4, -0.2) is 61.3 Å². The highest BCUT2D eigenvalue weighted by Gasteiger charge is 2.28. The average Bonchev–Trinajstić information content (AvgIpc) is 3.25. The molecule has 0 bridgehead atoms. The Morgan fingerprint density at radius 2 is 1.94 bits per heavy atom.